The maximum Gasteiger partial charge on any atom is 0.248 e. The van der Waals surface area contributed by atoms with Gasteiger partial charge in [-0.3, -0.25) is 9.59 Å². The zero-order valence-electron chi connectivity index (χ0n) is 13.9. The normalized spacial score (nSPS) is 20.3. The molecule has 0 radical (unpaired) electrons. The summed E-state index contributed by atoms with van der Waals surface area (Å²) in [5, 5.41) is 0. The minimum absolute atomic E-state index is 0.0452. The van der Waals surface area contributed by atoms with E-state index in [-0.39, 0.29) is 18.4 Å². The number of methoxy groups -OCH3 is 1. The van der Waals surface area contributed by atoms with Crippen molar-refractivity contribution in [2.24, 2.45) is 5.73 Å². The van der Waals surface area contributed by atoms with Gasteiger partial charge >= 0.3 is 0 Å². The third-order valence-corrected chi connectivity index (χ3v) is 3.81. The molecule has 2 amide bonds. The average Bonchev–Trinajstić information content (AvgIpc) is 2.46. The first-order valence-electron chi connectivity index (χ1n) is 7.64. The van der Waals surface area contributed by atoms with Gasteiger partial charge in [-0.05, 0) is 25.5 Å². The van der Waals surface area contributed by atoms with Gasteiger partial charge in [-0.2, -0.15) is 0 Å². The SMILES string of the molecule is COC[C@H]1CN(C(=O)Cc2ccccc2C(N)=O)CC(C)(C)O1. The standard InChI is InChI=1S/C17H24N2O4/c1-17(2)11-19(9-13(23-17)10-22-3)15(20)8-12-6-4-5-7-14(12)16(18)21/h4-7,13H,8-11H2,1-3H3,(H2,18,21)/t13-/m1/s1. The van der Waals surface area contributed by atoms with E-state index in [1.807, 2.05) is 13.8 Å². The quantitative estimate of drug-likeness (QED) is 0.877. The number of hydrogen-bond donors (Lipinski definition) is 1. The Bertz CT molecular complexity index is 586. The number of hydrogen-bond acceptors (Lipinski definition) is 4. The van der Waals surface area contributed by atoms with E-state index >= 15 is 0 Å². The first-order valence-corrected chi connectivity index (χ1v) is 7.64. The minimum atomic E-state index is -0.520. The lowest BCUT2D eigenvalue weighted by molar-refractivity contribution is -0.168. The number of amides is 2. The van der Waals surface area contributed by atoms with E-state index in [0.717, 1.165) is 0 Å². The molecule has 126 valence electrons. The summed E-state index contributed by atoms with van der Waals surface area (Å²) in [6.45, 7) is 5.32. The van der Waals surface area contributed by atoms with Gasteiger partial charge in [0.25, 0.3) is 0 Å². The van der Waals surface area contributed by atoms with E-state index in [0.29, 0.717) is 30.8 Å². The largest absolute Gasteiger partial charge is 0.382 e. The molecule has 0 spiro atoms. The van der Waals surface area contributed by atoms with Crippen LogP contribution in [0.1, 0.15) is 29.8 Å². The molecule has 0 saturated carbocycles. The summed E-state index contributed by atoms with van der Waals surface area (Å²) in [6, 6.07) is 6.94. The third-order valence-electron chi connectivity index (χ3n) is 3.81. The Labute approximate surface area is 136 Å². The summed E-state index contributed by atoms with van der Waals surface area (Å²) in [5.74, 6) is -0.566. The molecular formula is C17H24N2O4. The van der Waals surface area contributed by atoms with Crippen LogP contribution in [0, 0.1) is 0 Å². The van der Waals surface area contributed by atoms with Gasteiger partial charge < -0.3 is 20.1 Å². The molecule has 6 nitrogen and oxygen atoms in total. The zero-order valence-corrected chi connectivity index (χ0v) is 13.9. The highest BCUT2D eigenvalue weighted by molar-refractivity contribution is 5.95. The van der Waals surface area contributed by atoms with Crippen LogP contribution in [0.2, 0.25) is 0 Å². The molecule has 23 heavy (non-hydrogen) atoms. The molecule has 1 atom stereocenters. The number of rotatable bonds is 5. The molecule has 1 fully saturated rings. The molecular weight excluding hydrogens is 296 g/mol. The van der Waals surface area contributed by atoms with E-state index in [1.54, 1.807) is 36.3 Å². The highest BCUT2D eigenvalue weighted by atomic mass is 16.5. The van der Waals surface area contributed by atoms with Crippen molar-refractivity contribution >= 4 is 11.8 Å². The lowest BCUT2D eigenvalue weighted by Gasteiger charge is -2.42. The van der Waals surface area contributed by atoms with Gasteiger partial charge in [0.1, 0.15) is 0 Å². The fraction of sp³-hybridized carbons (Fsp3) is 0.529. The summed E-state index contributed by atoms with van der Waals surface area (Å²) in [4.78, 5) is 25.9. The van der Waals surface area contributed by atoms with E-state index in [1.165, 1.54) is 0 Å². The van der Waals surface area contributed by atoms with Crippen molar-refractivity contribution in [2.75, 3.05) is 26.8 Å². The van der Waals surface area contributed by atoms with Gasteiger partial charge in [-0.1, -0.05) is 18.2 Å². The zero-order chi connectivity index (χ0) is 17.0. The number of benzene rings is 1. The van der Waals surface area contributed by atoms with Gasteiger partial charge in [0, 0.05) is 25.8 Å². The first-order chi connectivity index (χ1) is 10.8. The summed E-state index contributed by atoms with van der Waals surface area (Å²) < 4.78 is 11.1. The van der Waals surface area contributed by atoms with Gasteiger partial charge in [0.15, 0.2) is 0 Å². The second-order valence-electron chi connectivity index (χ2n) is 6.43. The lowest BCUT2D eigenvalue weighted by Crippen LogP contribution is -2.56. The molecule has 0 unspecified atom stereocenters. The number of nitrogens with two attached hydrogens (primary N) is 1. The molecule has 1 aromatic carbocycles. The van der Waals surface area contributed by atoms with Crippen LogP contribution in [-0.2, 0) is 20.7 Å². The van der Waals surface area contributed by atoms with Crippen molar-refractivity contribution in [3.63, 3.8) is 0 Å². The van der Waals surface area contributed by atoms with Gasteiger partial charge in [-0.15, -0.1) is 0 Å². The maximum atomic E-state index is 12.7. The summed E-state index contributed by atoms with van der Waals surface area (Å²) in [5.41, 5.74) is 5.98. The highest BCUT2D eigenvalue weighted by Gasteiger charge is 2.35. The van der Waals surface area contributed by atoms with Crippen LogP contribution in [0.15, 0.2) is 24.3 Å². The van der Waals surface area contributed by atoms with Crippen molar-refractivity contribution in [3.05, 3.63) is 35.4 Å². The molecule has 0 aliphatic carbocycles. The number of morpholine rings is 1. The fourth-order valence-electron chi connectivity index (χ4n) is 2.95. The number of carbonyl (C=O) groups is 2. The third kappa shape index (κ3) is 4.53. The lowest BCUT2D eigenvalue weighted by atomic mass is 10.0. The molecule has 1 heterocycles. The van der Waals surface area contributed by atoms with Crippen molar-refractivity contribution < 1.29 is 19.1 Å². The summed E-state index contributed by atoms with van der Waals surface area (Å²) in [7, 11) is 1.61. The summed E-state index contributed by atoms with van der Waals surface area (Å²) >= 11 is 0. The van der Waals surface area contributed by atoms with Crippen molar-refractivity contribution in [1.82, 2.24) is 4.90 Å². The number of ether oxygens (including phenoxy) is 2. The Hall–Kier alpha value is -1.92. The number of primary amides is 1. The maximum absolute atomic E-state index is 12.7. The first kappa shape index (κ1) is 17.4. The minimum Gasteiger partial charge on any atom is -0.382 e. The Morgan fingerprint density at radius 3 is 2.74 bits per heavy atom. The van der Waals surface area contributed by atoms with E-state index in [9.17, 15) is 9.59 Å². The van der Waals surface area contributed by atoms with Crippen molar-refractivity contribution in [2.45, 2.75) is 32.0 Å². The van der Waals surface area contributed by atoms with Gasteiger partial charge in [-0.25, -0.2) is 0 Å². The van der Waals surface area contributed by atoms with Gasteiger partial charge in [0.05, 0.1) is 24.7 Å². The molecule has 2 N–H and O–H groups in total. The number of nitrogens with zero attached hydrogens (tertiary/aromatic N) is 1. The van der Waals surface area contributed by atoms with Crippen LogP contribution in [0.4, 0.5) is 0 Å². The average molecular weight is 320 g/mol. The van der Waals surface area contributed by atoms with Crippen LogP contribution >= 0.6 is 0 Å². The Morgan fingerprint density at radius 2 is 2.09 bits per heavy atom. The molecule has 0 aromatic heterocycles. The fourth-order valence-corrected chi connectivity index (χ4v) is 2.95. The van der Waals surface area contributed by atoms with E-state index in [2.05, 4.69) is 0 Å². The molecule has 2 rings (SSSR count). The van der Waals surface area contributed by atoms with Crippen LogP contribution in [-0.4, -0.2) is 55.2 Å². The predicted octanol–water partition coefficient (Wildman–Crippen LogP) is 0.980. The molecule has 1 aliphatic rings. The summed E-state index contributed by atoms with van der Waals surface area (Å²) in [6.07, 6.45) is -0.00591. The molecule has 0 bridgehead atoms. The molecule has 1 aliphatic heterocycles. The van der Waals surface area contributed by atoms with Crippen molar-refractivity contribution in [1.29, 1.82) is 0 Å². The van der Waals surface area contributed by atoms with E-state index < -0.39 is 11.5 Å². The van der Waals surface area contributed by atoms with Gasteiger partial charge in [0.2, 0.25) is 11.8 Å². The van der Waals surface area contributed by atoms with Crippen LogP contribution in [0.3, 0.4) is 0 Å². The smallest absolute Gasteiger partial charge is 0.248 e. The van der Waals surface area contributed by atoms with Crippen LogP contribution in [0.5, 0.6) is 0 Å². The molecule has 6 heteroatoms. The Balaban J connectivity index is 2.12. The van der Waals surface area contributed by atoms with Crippen LogP contribution in [0.25, 0.3) is 0 Å². The van der Waals surface area contributed by atoms with E-state index in [4.69, 9.17) is 15.2 Å². The Kier molecular flexibility index (Phi) is 5.38. The Morgan fingerprint density at radius 1 is 1.39 bits per heavy atom. The second-order valence-corrected chi connectivity index (χ2v) is 6.43. The molecule has 1 aromatic rings. The van der Waals surface area contributed by atoms with Crippen LogP contribution < -0.4 is 5.73 Å². The highest BCUT2D eigenvalue weighted by Crippen LogP contribution is 2.22. The second kappa shape index (κ2) is 7.10. The topological polar surface area (TPSA) is 81.9 Å². The van der Waals surface area contributed by atoms with Crippen molar-refractivity contribution in [3.8, 4) is 0 Å². The number of carbonyl (C=O) groups excluding carboxylic acids is 2. The molecule has 1 saturated heterocycles. The predicted molar refractivity (Wildman–Crippen MR) is 86.1 cm³/mol. The monoisotopic (exact) mass is 320 g/mol.